The minimum absolute atomic E-state index is 0.000392. The van der Waals surface area contributed by atoms with Crippen LogP contribution in [0.3, 0.4) is 0 Å². The van der Waals surface area contributed by atoms with E-state index in [0.29, 0.717) is 5.92 Å². The van der Waals surface area contributed by atoms with Gasteiger partial charge in [-0.1, -0.05) is 0 Å². The molecule has 0 radical (unpaired) electrons. The van der Waals surface area contributed by atoms with Gasteiger partial charge in [0.15, 0.2) is 0 Å². The van der Waals surface area contributed by atoms with Crippen molar-refractivity contribution < 1.29 is 9.63 Å². The zero-order chi connectivity index (χ0) is 13.3. The summed E-state index contributed by atoms with van der Waals surface area (Å²) in [6.45, 7) is 5.56. The van der Waals surface area contributed by atoms with Crippen LogP contribution in [0.5, 0.6) is 0 Å². The molecule has 2 rings (SSSR count). The van der Waals surface area contributed by atoms with Gasteiger partial charge in [0.1, 0.15) is 5.56 Å². The summed E-state index contributed by atoms with van der Waals surface area (Å²) in [5.74, 6) is 0.0372. The molecular weight excluding hydrogens is 232 g/mol. The minimum Gasteiger partial charge on any atom is -0.326 e. The quantitative estimate of drug-likeness (QED) is 0.794. The van der Waals surface area contributed by atoms with Crippen LogP contribution in [0.2, 0.25) is 0 Å². The number of nitrogens with one attached hydrogen (secondary N) is 2. The summed E-state index contributed by atoms with van der Waals surface area (Å²) >= 11 is 0. The molecule has 1 saturated carbocycles. The molecule has 2 N–H and O–H groups in total. The Morgan fingerprint density at radius 2 is 2.17 bits per heavy atom. The van der Waals surface area contributed by atoms with Crippen molar-refractivity contribution in [1.82, 2.24) is 10.5 Å². The normalized spacial score (nSPS) is 16.4. The highest BCUT2D eigenvalue weighted by molar-refractivity contribution is 5.93. The summed E-state index contributed by atoms with van der Waals surface area (Å²) in [7, 11) is 0. The Morgan fingerprint density at radius 1 is 1.50 bits per heavy atom. The largest absolute Gasteiger partial charge is 0.326 e. The summed E-state index contributed by atoms with van der Waals surface area (Å²) in [4.78, 5) is 31.4. The molecule has 5 heteroatoms. The van der Waals surface area contributed by atoms with Crippen molar-refractivity contribution in [2.45, 2.75) is 39.7 Å². The number of carbonyl (C=O) groups excluding carboxylic acids is 1. The molecule has 0 spiro atoms. The first kappa shape index (κ1) is 12.8. The van der Waals surface area contributed by atoms with Crippen molar-refractivity contribution in [2.75, 3.05) is 0 Å². The van der Waals surface area contributed by atoms with Crippen LogP contribution in [0.15, 0.2) is 10.9 Å². The van der Waals surface area contributed by atoms with Crippen LogP contribution in [0.25, 0.3) is 0 Å². The van der Waals surface area contributed by atoms with Crippen LogP contribution >= 0.6 is 0 Å². The molecule has 0 saturated heterocycles. The first-order valence-electron chi connectivity index (χ1n) is 6.15. The summed E-state index contributed by atoms with van der Waals surface area (Å²) < 4.78 is 0. The van der Waals surface area contributed by atoms with Crippen LogP contribution in [0.1, 0.15) is 41.4 Å². The zero-order valence-electron chi connectivity index (χ0n) is 10.9. The van der Waals surface area contributed by atoms with Gasteiger partial charge in [0.25, 0.3) is 11.5 Å². The third-order valence-corrected chi connectivity index (χ3v) is 3.37. The van der Waals surface area contributed by atoms with Crippen molar-refractivity contribution in [2.24, 2.45) is 5.92 Å². The van der Waals surface area contributed by atoms with E-state index >= 15 is 0 Å². The van der Waals surface area contributed by atoms with E-state index in [9.17, 15) is 9.59 Å². The van der Waals surface area contributed by atoms with Gasteiger partial charge in [-0.15, -0.1) is 0 Å². The number of aromatic nitrogens is 1. The Morgan fingerprint density at radius 3 is 2.78 bits per heavy atom. The smallest absolute Gasteiger partial charge is 0.280 e. The topological polar surface area (TPSA) is 71.2 Å². The second kappa shape index (κ2) is 4.94. The first-order valence-corrected chi connectivity index (χ1v) is 6.15. The van der Waals surface area contributed by atoms with Gasteiger partial charge in [-0.2, -0.15) is 0 Å². The van der Waals surface area contributed by atoms with Crippen LogP contribution in [-0.4, -0.2) is 17.0 Å². The maximum Gasteiger partial charge on any atom is 0.280 e. The zero-order valence-corrected chi connectivity index (χ0v) is 10.9. The second-order valence-corrected chi connectivity index (χ2v) is 4.91. The van der Waals surface area contributed by atoms with Gasteiger partial charge in [-0.05, 0) is 51.2 Å². The van der Waals surface area contributed by atoms with Crippen molar-refractivity contribution in [3.63, 3.8) is 0 Å². The van der Waals surface area contributed by atoms with Crippen molar-refractivity contribution in [3.8, 4) is 0 Å². The molecule has 1 heterocycles. The van der Waals surface area contributed by atoms with Crippen LogP contribution < -0.4 is 11.0 Å². The number of amides is 1. The monoisotopic (exact) mass is 250 g/mol. The maximum atomic E-state index is 11.8. The Hall–Kier alpha value is -1.62. The van der Waals surface area contributed by atoms with E-state index in [-0.39, 0.29) is 11.7 Å². The standard InChI is InChI=1S/C13H18N2O3/c1-7-6-11(12(16)14-8(7)2)13(17)15-18-9(3)10-4-5-10/h6,9-10H,4-5H2,1-3H3,(H,14,16)(H,15,17)/t9-/m1/s1. The van der Waals surface area contributed by atoms with Gasteiger partial charge < -0.3 is 4.98 Å². The molecule has 0 bridgehead atoms. The summed E-state index contributed by atoms with van der Waals surface area (Å²) in [5, 5.41) is 0. The molecule has 0 aliphatic heterocycles. The molecule has 5 nitrogen and oxygen atoms in total. The SMILES string of the molecule is Cc1cc(C(=O)NO[C@H](C)C2CC2)c(=O)[nH]c1C. The molecule has 1 aromatic rings. The van der Waals surface area contributed by atoms with Gasteiger partial charge in [0.05, 0.1) is 6.10 Å². The lowest BCUT2D eigenvalue weighted by Crippen LogP contribution is -2.33. The number of aryl methyl sites for hydroxylation is 2. The number of pyridine rings is 1. The fourth-order valence-electron chi connectivity index (χ4n) is 1.76. The molecule has 0 aromatic carbocycles. The molecule has 98 valence electrons. The van der Waals surface area contributed by atoms with Crippen molar-refractivity contribution >= 4 is 5.91 Å². The van der Waals surface area contributed by atoms with E-state index in [1.165, 1.54) is 0 Å². The summed E-state index contributed by atoms with van der Waals surface area (Å²) in [6, 6.07) is 1.58. The molecule has 1 aliphatic carbocycles. The summed E-state index contributed by atoms with van der Waals surface area (Å²) in [6.07, 6.45) is 2.28. The summed E-state index contributed by atoms with van der Waals surface area (Å²) in [5.41, 5.74) is 3.68. The highest BCUT2D eigenvalue weighted by atomic mass is 16.7. The Labute approximate surface area is 106 Å². The minimum atomic E-state index is -0.494. The lowest BCUT2D eigenvalue weighted by molar-refractivity contribution is -0.0171. The van der Waals surface area contributed by atoms with E-state index in [0.717, 1.165) is 24.1 Å². The fourth-order valence-corrected chi connectivity index (χ4v) is 1.76. The average Bonchev–Trinajstić information content (AvgIpc) is 3.14. The number of aromatic amines is 1. The van der Waals surface area contributed by atoms with E-state index in [1.54, 1.807) is 13.0 Å². The average molecular weight is 250 g/mol. The van der Waals surface area contributed by atoms with Crippen LogP contribution in [0.4, 0.5) is 0 Å². The fraction of sp³-hybridized carbons (Fsp3) is 0.538. The third-order valence-electron chi connectivity index (χ3n) is 3.37. The van der Waals surface area contributed by atoms with E-state index in [1.807, 2.05) is 13.8 Å². The van der Waals surface area contributed by atoms with Gasteiger partial charge in [0, 0.05) is 5.69 Å². The number of carbonyl (C=O) groups is 1. The van der Waals surface area contributed by atoms with E-state index < -0.39 is 11.5 Å². The molecule has 0 unspecified atom stereocenters. The van der Waals surface area contributed by atoms with Gasteiger partial charge in [-0.25, -0.2) is 5.48 Å². The van der Waals surface area contributed by atoms with Gasteiger partial charge in [-0.3, -0.25) is 14.4 Å². The molecule has 1 amide bonds. The number of hydroxylamine groups is 1. The number of hydrogen-bond donors (Lipinski definition) is 2. The number of hydrogen-bond acceptors (Lipinski definition) is 3. The first-order chi connectivity index (χ1) is 8.49. The van der Waals surface area contributed by atoms with E-state index in [2.05, 4.69) is 10.5 Å². The van der Waals surface area contributed by atoms with Crippen molar-refractivity contribution in [3.05, 3.63) is 33.2 Å². The Bertz CT molecular complexity index is 517. The molecule has 1 aromatic heterocycles. The van der Waals surface area contributed by atoms with E-state index in [4.69, 9.17) is 4.84 Å². The van der Waals surface area contributed by atoms with Crippen LogP contribution in [-0.2, 0) is 4.84 Å². The molecule has 18 heavy (non-hydrogen) atoms. The number of rotatable bonds is 4. The highest BCUT2D eigenvalue weighted by Gasteiger charge is 2.29. The Kier molecular flexibility index (Phi) is 3.52. The lowest BCUT2D eigenvalue weighted by atomic mass is 10.1. The van der Waals surface area contributed by atoms with Gasteiger partial charge in [0.2, 0.25) is 0 Å². The van der Waals surface area contributed by atoms with Gasteiger partial charge >= 0.3 is 0 Å². The second-order valence-electron chi connectivity index (χ2n) is 4.91. The molecule has 1 aliphatic rings. The molecule has 1 atom stereocenters. The lowest BCUT2D eigenvalue weighted by Gasteiger charge is -2.12. The van der Waals surface area contributed by atoms with Crippen molar-refractivity contribution in [1.29, 1.82) is 0 Å². The number of H-pyrrole nitrogens is 1. The molecule has 1 fully saturated rings. The predicted molar refractivity (Wildman–Crippen MR) is 67.3 cm³/mol. The highest BCUT2D eigenvalue weighted by Crippen LogP contribution is 2.33. The van der Waals surface area contributed by atoms with Crippen LogP contribution in [0, 0.1) is 19.8 Å². The maximum absolute atomic E-state index is 11.8. The third kappa shape index (κ3) is 2.79. The molecular formula is C13H18N2O3. The predicted octanol–water partition coefficient (Wildman–Crippen LogP) is 1.45. The Balaban J connectivity index is 2.04.